The second kappa shape index (κ2) is 6.78. The number of nitrogens with zero attached hydrogens (tertiary/aromatic N) is 2. The lowest BCUT2D eigenvalue weighted by Crippen LogP contribution is -2.06. The fourth-order valence-electron chi connectivity index (χ4n) is 3.52. The maximum atomic E-state index is 13.9. The number of aromatic nitrogens is 2. The van der Waals surface area contributed by atoms with Gasteiger partial charge in [0.25, 0.3) is 0 Å². The first-order valence-electron chi connectivity index (χ1n) is 7.99. The van der Waals surface area contributed by atoms with Crippen LogP contribution >= 0.6 is 11.6 Å². The molecule has 1 aliphatic rings. The third kappa shape index (κ3) is 3.23. The molecule has 114 valence electrons. The van der Waals surface area contributed by atoms with Gasteiger partial charge in [0, 0.05) is 18.8 Å². The minimum absolute atomic E-state index is 0.238. The molecule has 0 unspecified atom stereocenters. The maximum absolute atomic E-state index is 13.9. The standard InChI is InChI=1S/C17H22ClFN2/c18-11-10-16-20-17-14(19)8-3-9-15(17)21(16)12-4-7-13-5-1-2-6-13/h3,8-9,13H,1-2,4-7,10-12H2. The van der Waals surface area contributed by atoms with E-state index in [0.717, 1.165) is 30.2 Å². The number of fused-ring (bicyclic) bond motifs is 1. The van der Waals surface area contributed by atoms with Crippen molar-refractivity contribution in [2.45, 2.75) is 51.5 Å². The molecule has 0 atom stereocenters. The van der Waals surface area contributed by atoms with E-state index >= 15 is 0 Å². The predicted octanol–water partition coefficient (Wildman–Crippen LogP) is 4.93. The van der Waals surface area contributed by atoms with Gasteiger partial charge in [0.15, 0.2) is 5.82 Å². The number of para-hydroxylation sites is 1. The Morgan fingerprint density at radius 2 is 2.10 bits per heavy atom. The van der Waals surface area contributed by atoms with Gasteiger partial charge in [0.2, 0.25) is 0 Å². The molecule has 2 aromatic rings. The molecule has 0 saturated heterocycles. The average Bonchev–Trinajstić information content (AvgIpc) is 3.09. The van der Waals surface area contributed by atoms with Crippen molar-refractivity contribution in [2.24, 2.45) is 5.92 Å². The SMILES string of the molecule is Fc1cccc2c1nc(CCCl)n2CCCC1CCCC1. The molecule has 1 aromatic heterocycles. The Hall–Kier alpha value is -1.09. The van der Waals surface area contributed by atoms with Gasteiger partial charge in [-0.1, -0.05) is 31.7 Å². The number of rotatable bonds is 6. The van der Waals surface area contributed by atoms with Crippen molar-refractivity contribution >= 4 is 22.6 Å². The van der Waals surface area contributed by atoms with Crippen molar-refractivity contribution in [1.82, 2.24) is 9.55 Å². The molecule has 0 radical (unpaired) electrons. The topological polar surface area (TPSA) is 17.8 Å². The van der Waals surface area contributed by atoms with Gasteiger partial charge in [-0.05, 0) is 30.9 Å². The van der Waals surface area contributed by atoms with E-state index in [9.17, 15) is 4.39 Å². The Morgan fingerprint density at radius 1 is 1.29 bits per heavy atom. The Bertz CT molecular complexity index is 602. The van der Waals surface area contributed by atoms with Crippen molar-refractivity contribution < 1.29 is 4.39 Å². The van der Waals surface area contributed by atoms with Crippen LogP contribution in [0.4, 0.5) is 4.39 Å². The van der Waals surface area contributed by atoms with Crippen LogP contribution in [0.25, 0.3) is 11.0 Å². The van der Waals surface area contributed by atoms with Crippen LogP contribution in [0.15, 0.2) is 18.2 Å². The van der Waals surface area contributed by atoms with E-state index in [-0.39, 0.29) is 5.82 Å². The lowest BCUT2D eigenvalue weighted by molar-refractivity contribution is 0.458. The van der Waals surface area contributed by atoms with E-state index in [1.165, 1.54) is 38.2 Å². The summed E-state index contributed by atoms with van der Waals surface area (Å²) in [5, 5.41) is 0. The van der Waals surface area contributed by atoms with Crippen molar-refractivity contribution in [1.29, 1.82) is 0 Å². The smallest absolute Gasteiger partial charge is 0.151 e. The first-order valence-corrected chi connectivity index (χ1v) is 8.52. The zero-order chi connectivity index (χ0) is 14.7. The molecule has 0 aliphatic heterocycles. The number of halogens is 2. The van der Waals surface area contributed by atoms with Gasteiger partial charge >= 0.3 is 0 Å². The summed E-state index contributed by atoms with van der Waals surface area (Å²) < 4.78 is 16.0. The molecular weight excluding hydrogens is 287 g/mol. The molecule has 1 fully saturated rings. The molecular formula is C17H22ClFN2. The van der Waals surface area contributed by atoms with Crippen LogP contribution in [0.1, 0.15) is 44.3 Å². The highest BCUT2D eigenvalue weighted by molar-refractivity contribution is 6.17. The Kier molecular flexibility index (Phi) is 4.79. The van der Waals surface area contributed by atoms with Crippen LogP contribution in [-0.2, 0) is 13.0 Å². The highest BCUT2D eigenvalue weighted by Crippen LogP contribution is 2.29. The molecule has 1 aliphatic carbocycles. The first kappa shape index (κ1) is 14.8. The number of alkyl halides is 1. The summed E-state index contributed by atoms with van der Waals surface area (Å²) in [5.41, 5.74) is 1.39. The van der Waals surface area contributed by atoms with Gasteiger partial charge in [0.05, 0.1) is 5.52 Å². The molecule has 21 heavy (non-hydrogen) atoms. The number of aryl methyl sites for hydroxylation is 2. The van der Waals surface area contributed by atoms with Crippen LogP contribution in [-0.4, -0.2) is 15.4 Å². The first-order chi connectivity index (χ1) is 10.3. The van der Waals surface area contributed by atoms with E-state index in [0.29, 0.717) is 17.8 Å². The predicted molar refractivity (Wildman–Crippen MR) is 85.3 cm³/mol. The van der Waals surface area contributed by atoms with Gasteiger partial charge in [-0.3, -0.25) is 0 Å². The third-order valence-electron chi connectivity index (χ3n) is 4.60. The van der Waals surface area contributed by atoms with Gasteiger partial charge in [-0.15, -0.1) is 11.6 Å². The summed E-state index contributed by atoms with van der Waals surface area (Å²) in [6.07, 6.45) is 8.65. The van der Waals surface area contributed by atoms with E-state index in [1.54, 1.807) is 6.07 Å². The van der Waals surface area contributed by atoms with Crippen molar-refractivity contribution in [3.05, 3.63) is 29.8 Å². The van der Waals surface area contributed by atoms with E-state index in [4.69, 9.17) is 11.6 Å². The van der Waals surface area contributed by atoms with E-state index in [1.807, 2.05) is 6.07 Å². The molecule has 1 saturated carbocycles. The highest BCUT2D eigenvalue weighted by atomic mass is 35.5. The third-order valence-corrected chi connectivity index (χ3v) is 4.78. The molecule has 3 rings (SSSR count). The summed E-state index contributed by atoms with van der Waals surface area (Å²) in [5.74, 6) is 2.09. The maximum Gasteiger partial charge on any atom is 0.151 e. The molecule has 0 amide bonds. The molecule has 0 N–H and O–H groups in total. The minimum Gasteiger partial charge on any atom is -0.328 e. The minimum atomic E-state index is -0.238. The number of hydrogen-bond acceptors (Lipinski definition) is 1. The molecule has 2 nitrogen and oxygen atoms in total. The van der Waals surface area contributed by atoms with Crippen LogP contribution in [0, 0.1) is 11.7 Å². The fraction of sp³-hybridized carbons (Fsp3) is 0.588. The number of hydrogen-bond donors (Lipinski definition) is 0. The lowest BCUT2D eigenvalue weighted by atomic mass is 10.0. The molecule has 4 heteroatoms. The summed E-state index contributed by atoms with van der Waals surface area (Å²) in [6.45, 7) is 0.919. The number of benzene rings is 1. The van der Waals surface area contributed by atoms with E-state index < -0.39 is 0 Å². The fourth-order valence-corrected chi connectivity index (χ4v) is 3.69. The van der Waals surface area contributed by atoms with Gasteiger partial charge < -0.3 is 4.57 Å². The second-order valence-corrected chi connectivity index (χ2v) is 6.40. The normalized spacial score (nSPS) is 16.1. The molecule has 0 bridgehead atoms. The second-order valence-electron chi connectivity index (χ2n) is 6.02. The molecule has 1 aromatic carbocycles. The quantitative estimate of drug-likeness (QED) is 0.692. The Labute approximate surface area is 130 Å². The average molecular weight is 309 g/mol. The van der Waals surface area contributed by atoms with Crippen molar-refractivity contribution in [2.75, 3.05) is 5.88 Å². The van der Waals surface area contributed by atoms with Crippen molar-refractivity contribution in [3.63, 3.8) is 0 Å². The summed E-state index contributed by atoms with van der Waals surface area (Å²) in [7, 11) is 0. The van der Waals surface area contributed by atoms with E-state index in [2.05, 4.69) is 9.55 Å². The summed E-state index contributed by atoms with van der Waals surface area (Å²) in [6, 6.07) is 5.19. The lowest BCUT2D eigenvalue weighted by Gasteiger charge is -2.11. The van der Waals surface area contributed by atoms with Gasteiger partial charge in [-0.2, -0.15) is 0 Å². The highest BCUT2D eigenvalue weighted by Gasteiger charge is 2.16. The van der Waals surface area contributed by atoms with Crippen LogP contribution in [0.5, 0.6) is 0 Å². The summed E-state index contributed by atoms with van der Waals surface area (Å²) >= 11 is 5.87. The van der Waals surface area contributed by atoms with Crippen LogP contribution in [0.3, 0.4) is 0 Å². The zero-order valence-corrected chi connectivity index (χ0v) is 13.1. The van der Waals surface area contributed by atoms with Crippen molar-refractivity contribution in [3.8, 4) is 0 Å². The van der Waals surface area contributed by atoms with Crippen LogP contribution < -0.4 is 0 Å². The zero-order valence-electron chi connectivity index (χ0n) is 12.3. The Balaban J connectivity index is 1.78. The largest absolute Gasteiger partial charge is 0.328 e. The van der Waals surface area contributed by atoms with Gasteiger partial charge in [-0.25, -0.2) is 9.37 Å². The molecule has 0 spiro atoms. The number of imidazole rings is 1. The van der Waals surface area contributed by atoms with Crippen LogP contribution in [0.2, 0.25) is 0 Å². The molecule has 1 heterocycles. The van der Waals surface area contributed by atoms with Gasteiger partial charge in [0.1, 0.15) is 11.3 Å². The Morgan fingerprint density at radius 3 is 2.86 bits per heavy atom. The summed E-state index contributed by atoms with van der Waals surface area (Å²) in [4.78, 5) is 4.46. The monoisotopic (exact) mass is 308 g/mol.